The number of nitrogens with one attached hydrogen (secondary N) is 1. The van der Waals surface area contributed by atoms with Gasteiger partial charge in [0.15, 0.2) is 17.0 Å². The van der Waals surface area contributed by atoms with Crippen LogP contribution in [0, 0.1) is 6.92 Å². The van der Waals surface area contributed by atoms with E-state index >= 15 is 0 Å². The van der Waals surface area contributed by atoms with E-state index in [1.165, 1.54) is 0 Å². The second-order valence-corrected chi connectivity index (χ2v) is 6.78. The molecule has 26 heavy (non-hydrogen) atoms. The highest BCUT2D eigenvalue weighted by Gasteiger charge is 2.21. The van der Waals surface area contributed by atoms with Crippen LogP contribution in [0.5, 0.6) is 0 Å². The van der Waals surface area contributed by atoms with Gasteiger partial charge in [-0.05, 0) is 38.3 Å². The molecule has 0 amide bonds. The topological polar surface area (TPSA) is 81.2 Å². The minimum atomic E-state index is -0.0146. The largest absolute Gasteiger partial charge is 0.465 e. The minimum absolute atomic E-state index is 0.0146. The number of imidazole rings is 1. The highest BCUT2D eigenvalue weighted by Crippen LogP contribution is 2.29. The van der Waals surface area contributed by atoms with E-state index in [1.807, 2.05) is 42.6 Å². The van der Waals surface area contributed by atoms with Gasteiger partial charge in [0.25, 0.3) is 0 Å². The van der Waals surface area contributed by atoms with E-state index in [0.717, 1.165) is 48.6 Å². The van der Waals surface area contributed by atoms with Crippen LogP contribution in [-0.4, -0.2) is 40.2 Å². The Hall–Kier alpha value is -2.61. The third-order valence-corrected chi connectivity index (χ3v) is 4.50. The van der Waals surface area contributed by atoms with Crippen molar-refractivity contribution in [3.05, 3.63) is 30.0 Å². The standard InChI is InChI=1S/C18H24N6O2/c1-12-7-8-13(26-12)10-19-16-15-17(22-18(21-16)23(2)3)24(11-20-15)14-6-4-5-9-25-14/h7-8,11,14H,4-6,9-10H2,1-3H3,(H,19,21,22). The molecule has 0 spiro atoms. The average molecular weight is 356 g/mol. The summed E-state index contributed by atoms with van der Waals surface area (Å²) in [6.45, 7) is 3.25. The summed E-state index contributed by atoms with van der Waals surface area (Å²) in [5, 5.41) is 3.34. The SMILES string of the molecule is Cc1ccc(CNc2nc(N(C)C)nc3c2ncn3C2CCCCO2)o1. The van der Waals surface area contributed by atoms with E-state index in [0.29, 0.717) is 18.3 Å². The van der Waals surface area contributed by atoms with Gasteiger partial charge in [-0.1, -0.05) is 0 Å². The summed E-state index contributed by atoms with van der Waals surface area (Å²) in [5.41, 5.74) is 1.53. The first-order chi connectivity index (χ1) is 12.6. The Labute approximate surface area is 152 Å². The molecule has 1 unspecified atom stereocenters. The lowest BCUT2D eigenvalue weighted by Crippen LogP contribution is -2.19. The number of furan rings is 1. The molecule has 1 aliphatic rings. The third-order valence-electron chi connectivity index (χ3n) is 4.50. The molecule has 1 N–H and O–H groups in total. The summed E-state index contributed by atoms with van der Waals surface area (Å²) in [6, 6.07) is 3.91. The first-order valence-corrected chi connectivity index (χ1v) is 8.94. The molecule has 0 saturated carbocycles. The van der Waals surface area contributed by atoms with Crippen molar-refractivity contribution < 1.29 is 9.15 Å². The fourth-order valence-electron chi connectivity index (χ4n) is 3.13. The molecule has 3 aromatic heterocycles. The molecule has 1 atom stereocenters. The Balaban J connectivity index is 1.69. The minimum Gasteiger partial charge on any atom is -0.465 e. The van der Waals surface area contributed by atoms with Gasteiger partial charge in [-0.25, -0.2) is 4.98 Å². The van der Waals surface area contributed by atoms with Crippen LogP contribution in [-0.2, 0) is 11.3 Å². The fraction of sp³-hybridized carbons (Fsp3) is 0.500. The second kappa shape index (κ2) is 6.95. The van der Waals surface area contributed by atoms with E-state index in [2.05, 4.69) is 15.3 Å². The van der Waals surface area contributed by atoms with Crippen molar-refractivity contribution in [2.24, 2.45) is 0 Å². The molecule has 0 aromatic carbocycles. The summed E-state index contributed by atoms with van der Waals surface area (Å²) in [6.07, 6.45) is 5.02. The molecule has 4 heterocycles. The Bertz CT molecular complexity index is 894. The Morgan fingerprint density at radius 2 is 2.15 bits per heavy atom. The number of ether oxygens (including phenoxy) is 1. The zero-order valence-corrected chi connectivity index (χ0v) is 15.4. The quantitative estimate of drug-likeness (QED) is 0.752. The Morgan fingerprint density at radius 1 is 1.27 bits per heavy atom. The molecule has 1 aliphatic heterocycles. The average Bonchev–Trinajstić information content (AvgIpc) is 3.26. The highest BCUT2D eigenvalue weighted by atomic mass is 16.5. The third kappa shape index (κ3) is 3.24. The summed E-state index contributed by atoms with van der Waals surface area (Å²) in [7, 11) is 3.86. The van der Waals surface area contributed by atoms with Crippen LogP contribution in [0.1, 0.15) is 37.0 Å². The molecule has 0 radical (unpaired) electrons. The molecule has 3 aromatic rings. The van der Waals surface area contributed by atoms with E-state index < -0.39 is 0 Å². The molecule has 0 bridgehead atoms. The van der Waals surface area contributed by atoms with Crippen molar-refractivity contribution >= 4 is 22.9 Å². The van der Waals surface area contributed by atoms with Crippen LogP contribution in [0.4, 0.5) is 11.8 Å². The maximum Gasteiger partial charge on any atom is 0.228 e. The zero-order chi connectivity index (χ0) is 18.1. The molecular formula is C18H24N6O2. The van der Waals surface area contributed by atoms with Crippen LogP contribution in [0.2, 0.25) is 0 Å². The molecule has 138 valence electrons. The van der Waals surface area contributed by atoms with Crippen molar-refractivity contribution in [3.63, 3.8) is 0 Å². The molecular weight excluding hydrogens is 332 g/mol. The number of hydrogen-bond donors (Lipinski definition) is 1. The van der Waals surface area contributed by atoms with Crippen LogP contribution in [0.25, 0.3) is 11.2 Å². The lowest BCUT2D eigenvalue weighted by Gasteiger charge is -2.24. The van der Waals surface area contributed by atoms with Crippen molar-refractivity contribution in [3.8, 4) is 0 Å². The summed E-state index contributed by atoms with van der Waals surface area (Å²) >= 11 is 0. The van der Waals surface area contributed by atoms with Gasteiger partial charge in [0.1, 0.15) is 17.7 Å². The van der Waals surface area contributed by atoms with Crippen molar-refractivity contribution in [2.45, 2.75) is 39.0 Å². The summed E-state index contributed by atoms with van der Waals surface area (Å²) in [5.74, 6) is 3.08. The number of anilines is 2. The van der Waals surface area contributed by atoms with Gasteiger partial charge in [0.2, 0.25) is 5.95 Å². The molecule has 1 saturated heterocycles. The molecule has 1 fully saturated rings. The van der Waals surface area contributed by atoms with Gasteiger partial charge in [-0.2, -0.15) is 9.97 Å². The van der Waals surface area contributed by atoms with Crippen LogP contribution >= 0.6 is 0 Å². The number of nitrogens with zero attached hydrogens (tertiary/aromatic N) is 5. The number of hydrogen-bond acceptors (Lipinski definition) is 7. The van der Waals surface area contributed by atoms with Gasteiger partial charge < -0.3 is 19.4 Å². The first-order valence-electron chi connectivity index (χ1n) is 8.94. The maximum absolute atomic E-state index is 5.92. The van der Waals surface area contributed by atoms with Crippen LogP contribution < -0.4 is 10.2 Å². The smallest absolute Gasteiger partial charge is 0.228 e. The highest BCUT2D eigenvalue weighted by molar-refractivity contribution is 5.84. The monoisotopic (exact) mass is 356 g/mol. The van der Waals surface area contributed by atoms with E-state index in [1.54, 1.807) is 6.33 Å². The Morgan fingerprint density at radius 3 is 2.85 bits per heavy atom. The maximum atomic E-state index is 5.92. The number of aryl methyl sites for hydroxylation is 1. The molecule has 0 aliphatic carbocycles. The fourth-order valence-corrected chi connectivity index (χ4v) is 3.13. The van der Waals surface area contributed by atoms with Crippen molar-refractivity contribution in [2.75, 3.05) is 30.9 Å². The van der Waals surface area contributed by atoms with Crippen molar-refractivity contribution in [1.29, 1.82) is 0 Å². The van der Waals surface area contributed by atoms with Gasteiger partial charge in [-0.3, -0.25) is 4.57 Å². The van der Waals surface area contributed by atoms with E-state index in [9.17, 15) is 0 Å². The summed E-state index contributed by atoms with van der Waals surface area (Å²) < 4.78 is 13.6. The van der Waals surface area contributed by atoms with Gasteiger partial charge >= 0.3 is 0 Å². The van der Waals surface area contributed by atoms with Gasteiger partial charge in [0, 0.05) is 20.7 Å². The molecule has 8 heteroatoms. The number of fused-ring (bicyclic) bond motifs is 1. The normalized spacial score (nSPS) is 17.6. The molecule has 4 rings (SSSR count). The van der Waals surface area contributed by atoms with E-state index in [-0.39, 0.29) is 6.23 Å². The summed E-state index contributed by atoms with van der Waals surface area (Å²) in [4.78, 5) is 15.8. The number of rotatable bonds is 5. The molecule has 8 nitrogen and oxygen atoms in total. The lowest BCUT2D eigenvalue weighted by molar-refractivity contribution is -0.0298. The first kappa shape index (κ1) is 16.8. The van der Waals surface area contributed by atoms with Gasteiger partial charge in [-0.15, -0.1) is 0 Å². The van der Waals surface area contributed by atoms with Crippen LogP contribution in [0.15, 0.2) is 22.9 Å². The van der Waals surface area contributed by atoms with Gasteiger partial charge in [0.05, 0.1) is 12.9 Å². The van der Waals surface area contributed by atoms with Crippen molar-refractivity contribution in [1.82, 2.24) is 19.5 Å². The Kier molecular flexibility index (Phi) is 4.50. The number of aromatic nitrogens is 4. The lowest BCUT2D eigenvalue weighted by atomic mass is 10.2. The zero-order valence-electron chi connectivity index (χ0n) is 15.4. The van der Waals surface area contributed by atoms with Crippen LogP contribution in [0.3, 0.4) is 0 Å². The predicted octanol–water partition coefficient (Wildman–Crippen LogP) is 3.10. The predicted molar refractivity (Wildman–Crippen MR) is 99.3 cm³/mol. The van der Waals surface area contributed by atoms with E-state index in [4.69, 9.17) is 14.1 Å². The second-order valence-electron chi connectivity index (χ2n) is 6.78.